The quantitative estimate of drug-likeness (QED) is 0.596. The number of rotatable bonds is 5. The van der Waals surface area contributed by atoms with E-state index in [1.807, 2.05) is 30.2 Å². The molecule has 0 bridgehead atoms. The maximum absolute atomic E-state index is 11.3. The van der Waals surface area contributed by atoms with E-state index >= 15 is 0 Å². The second-order valence-electron chi connectivity index (χ2n) is 4.68. The van der Waals surface area contributed by atoms with E-state index in [4.69, 9.17) is 4.74 Å². The first-order valence-electron chi connectivity index (χ1n) is 5.75. The third-order valence-corrected chi connectivity index (χ3v) is 4.73. The van der Waals surface area contributed by atoms with Crippen molar-refractivity contribution in [3.8, 4) is 0 Å². The van der Waals surface area contributed by atoms with Crippen LogP contribution in [0.15, 0.2) is 23.4 Å². The van der Waals surface area contributed by atoms with Crippen LogP contribution < -0.4 is 0 Å². The lowest BCUT2D eigenvalue weighted by Gasteiger charge is -2.13. The van der Waals surface area contributed by atoms with Crippen LogP contribution in [0, 0.1) is 12.3 Å². The average molecular weight is 251 g/mol. The maximum atomic E-state index is 11.3. The van der Waals surface area contributed by atoms with Crippen molar-refractivity contribution >= 4 is 17.7 Å². The van der Waals surface area contributed by atoms with Gasteiger partial charge in [-0.2, -0.15) is 0 Å². The van der Waals surface area contributed by atoms with Gasteiger partial charge in [0.05, 0.1) is 13.5 Å². The molecule has 0 N–H and O–H groups in total. The van der Waals surface area contributed by atoms with Gasteiger partial charge in [0.15, 0.2) is 0 Å². The standard InChI is InChI=1S/C13H17NO2S/c1-10-8-14-6-3-11(10)17-9-13(4-5-13)7-12(15)16-2/h3,6,8H,4-5,7,9H2,1-2H3. The van der Waals surface area contributed by atoms with Crippen LogP contribution in [0.4, 0.5) is 0 Å². The van der Waals surface area contributed by atoms with Gasteiger partial charge in [-0.05, 0) is 36.8 Å². The molecule has 1 saturated carbocycles. The van der Waals surface area contributed by atoms with Crippen molar-refractivity contribution in [1.82, 2.24) is 4.98 Å². The summed E-state index contributed by atoms with van der Waals surface area (Å²) in [5.41, 5.74) is 1.39. The largest absolute Gasteiger partial charge is 0.469 e. The van der Waals surface area contributed by atoms with Crippen LogP contribution in [0.1, 0.15) is 24.8 Å². The van der Waals surface area contributed by atoms with E-state index in [0.717, 1.165) is 18.6 Å². The second kappa shape index (κ2) is 5.08. The third-order valence-electron chi connectivity index (χ3n) is 3.21. The lowest BCUT2D eigenvalue weighted by atomic mass is 10.1. The van der Waals surface area contributed by atoms with Crippen LogP contribution in [0.5, 0.6) is 0 Å². The highest BCUT2D eigenvalue weighted by molar-refractivity contribution is 7.99. The Morgan fingerprint density at radius 3 is 2.94 bits per heavy atom. The highest BCUT2D eigenvalue weighted by Crippen LogP contribution is 2.52. The minimum absolute atomic E-state index is 0.0884. The van der Waals surface area contributed by atoms with Gasteiger partial charge in [0.1, 0.15) is 0 Å². The smallest absolute Gasteiger partial charge is 0.306 e. The zero-order valence-electron chi connectivity index (χ0n) is 10.2. The number of aromatic nitrogens is 1. The molecule has 1 heterocycles. The molecule has 3 nitrogen and oxygen atoms in total. The molecule has 92 valence electrons. The minimum atomic E-state index is -0.0884. The number of nitrogens with zero attached hydrogens (tertiary/aromatic N) is 1. The van der Waals surface area contributed by atoms with Crippen molar-refractivity contribution in [3.63, 3.8) is 0 Å². The highest BCUT2D eigenvalue weighted by Gasteiger charge is 2.44. The molecule has 17 heavy (non-hydrogen) atoms. The van der Waals surface area contributed by atoms with E-state index < -0.39 is 0 Å². The van der Waals surface area contributed by atoms with Crippen molar-refractivity contribution in [2.24, 2.45) is 5.41 Å². The van der Waals surface area contributed by atoms with E-state index in [-0.39, 0.29) is 11.4 Å². The Balaban J connectivity index is 1.90. The van der Waals surface area contributed by atoms with E-state index in [1.165, 1.54) is 17.6 Å². The summed E-state index contributed by atoms with van der Waals surface area (Å²) in [4.78, 5) is 16.6. The fourth-order valence-electron chi connectivity index (χ4n) is 1.78. The lowest BCUT2D eigenvalue weighted by molar-refractivity contribution is -0.141. The van der Waals surface area contributed by atoms with Crippen molar-refractivity contribution in [1.29, 1.82) is 0 Å². The Morgan fingerprint density at radius 1 is 1.59 bits per heavy atom. The molecule has 0 radical (unpaired) electrons. The molecular weight excluding hydrogens is 234 g/mol. The molecule has 0 spiro atoms. The average Bonchev–Trinajstić information content (AvgIpc) is 3.08. The molecule has 1 aromatic rings. The van der Waals surface area contributed by atoms with Gasteiger partial charge < -0.3 is 4.74 Å². The molecule has 1 aromatic heterocycles. The van der Waals surface area contributed by atoms with Gasteiger partial charge in [0.25, 0.3) is 0 Å². The highest BCUT2D eigenvalue weighted by atomic mass is 32.2. The van der Waals surface area contributed by atoms with Gasteiger partial charge in [-0.25, -0.2) is 0 Å². The van der Waals surface area contributed by atoms with Gasteiger partial charge in [0.2, 0.25) is 0 Å². The van der Waals surface area contributed by atoms with Crippen LogP contribution in [0.2, 0.25) is 0 Å². The van der Waals surface area contributed by atoms with Crippen molar-refractivity contribution in [2.45, 2.75) is 31.1 Å². The van der Waals surface area contributed by atoms with Crippen molar-refractivity contribution in [3.05, 3.63) is 24.0 Å². The maximum Gasteiger partial charge on any atom is 0.306 e. The SMILES string of the molecule is COC(=O)CC1(CSc2ccncc2C)CC1. The van der Waals surface area contributed by atoms with Crippen molar-refractivity contribution < 1.29 is 9.53 Å². The summed E-state index contributed by atoms with van der Waals surface area (Å²) in [5.74, 6) is 0.905. The Labute approximate surface area is 106 Å². The van der Waals surface area contributed by atoms with Crippen LogP contribution in [-0.4, -0.2) is 23.8 Å². The first kappa shape index (κ1) is 12.4. The van der Waals surface area contributed by atoms with Gasteiger partial charge in [0, 0.05) is 23.0 Å². The zero-order valence-corrected chi connectivity index (χ0v) is 11.0. The topological polar surface area (TPSA) is 39.2 Å². The second-order valence-corrected chi connectivity index (χ2v) is 5.70. The molecule has 1 aliphatic carbocycles. The van der Waals surface area contributed by atoms with Crippen LogP contribution >= 0.6 is 11.8 Å². The summed E-state index contributed by atoms with van der Waals surface area (Å²) in [6.07, 6.45) is 6.52. The predicted octanol–water partition coefficient (Wildman–Crippen LogP) is 2.83. The summed E-state index contributed by atoms with van der Waals surface area (Å²) in [6.45, 7) is 2.06. The molecule has 0 saturated heterocycles. The van der Waals surface area contributed by atoms with Crippen molar-refractivity contribution in [2.75, 3.05) is 12.9 Å². The molecule has 0 aliphatic heterocycles. The lowest BCUT2D eigenvalue weighted by Crippen LogP contribution is -2.13. The number of thioether (sulfide) groups is 1. The first-order chi connectivity index (χ1) is 8.15. The number of methoxy groups -OCH3 is 1. The Hall–Kier alpha value is -1.03. The number of ether oxygens (including phenoxy) is 1. The predicted molar refractivity (Wildman–Crippen MR) is 68.0 cm³/mol. The van der Waals surface area contributed by atoms with Gasteiger partial charge >= 0.3 is 5.97 Å². The number of hydrogen-bond donors (Lipinski definition) is 0. The van der Waals surface area contributed by atoms with Crippen LogP contribution in [-0.2, 0) is 9.53 Å². The Kier molecular flexibility index (Phi) is 3.72. The van der Waals surface area contributed by atoms with Crippen LogP contribution in [0.25, 0.3) is 0 Å². The summed E-state index contributed by atoms with van der Waals surface area (Å²) < 4.78 is 4.74. The Bertz CT molecular complexity index is 416. The van der Waals surface area contributed by atoms with Gasteiger partial charge in [-0.1, -0.05) is 0 Å². The molecule has 1 aliphatic rings. The number of carbonyl (C=O) groups is 1. The molecule has 0 atom stereocenters. The van der Waals surface area contributed by atoms with E-state index in [9.17, 15) is 4.79 Å². The number of hydrogen-bond acceptors (Lipinski definition) is 4. The number of pyridine rings is 1. The molecule has 1 fully saturated rings. The first-order valence-corrected chi connectivity index (χ1v) is 6.74. The van der Waals surface area contributed by atoms with E-state index in [1.54, 1.807) is 0 Å². The fraction of sp³-hybridized carbons (Fsp3) is 0.538. The van der Waals surface area contributed by atoms with Gasteiger partial charge in [-0.15, -0.1) is 11.8 Å². The zero-order chi connectivity index (χ0) is 12.3. The normalized spacial score (nSPS) is 16.6. The Morgan fingerprint density at radius 2 is 2.35 bits per heavy atom. The minimum Gasteiger partial charge on any atom is -0.469 e. The summed E-state index contributed by atoms with van der Waals surface area (Å²) in [5, 5.41) is 0. The molecular formula is C13H17NO2S. The third kappa shape index (κ3) is 3.22. The molecule has 4 heteroatoms. The summed E-state index contributed by atoms with van der Waals surface area (Å²) in [6, 6.07) is 2.04. The van der Waals surface area contributed by atoms with E-state index in [2.05, 4.69) is 11.9 Å². The van der Waals surface area contributed by atoms with E-state index in [0.29, 0.717) is 6.42 Å². The number of carbonyl (C=O) groups excluding carboxylic acids is 1. The number of esters is 1. The van der Waals surface area contributed by atoms with Gasteiger partial charge in [-0.3, -0.25) is 9.78 Å². The molecule has 2 rings (SSSR count). The number of aryl methyl sites for hydroxylation is 1. The molecule has 0 aromatic carbocycles. The fourth-order valence-corrected chi connectivity index (χ4v) is 3.07. The molecule has 0 unspecified atom stereocenters. The summed E-state index contributed by atoms with van der Waals surface area (Å²) >= 11 is 1.82. The van der Waals surface area contributed by atoms with Crippen LogP contribution in [0.3, 0.4) is 0 Å². The summed E-state index contributed by atoms with van der Waals surface area (Å²) in [7, 11) is 1.46. The molecule has 0 amide bonds. The monoisotopic (exact) mass is 251 g/mol.